The third-order valence-corrected chi connectivity index (χ3v) is 3.71. The van der Waals surface area contributed by atoms with E-state index in [4.69, 9.17) is 0 Å². The highest BCUT2D eigenvalue weighted by molar-refractivity contribution is 5.92. The number of aromatic amines is 1. The van der Waals surface area contributed by atoms with Gasteiger partial charge in [0.1, 0.15) is 0 Å². The van der Waals surface area contributed by atoms with Gasteiger partial charge in [-0.3, -0.25) is 4.79 Å². The van der Waals surface area contributed by atoms with Crippen LogP contribution in [0.2, 0.25) is 0 Å². The standard InChI is InChI=1S/C19H23NO/c1-14(2)7-6-8-15(3)11-12-17-16-9-4-5-10-18(16)20-19(17)13-21/h4-5,7,9-11,13,20H,6,8,12H2,1-3H3/b15-11+. The number of benzene rings is 1. The second-order valence-corrected chi connectivity index (χ2v) is 5.76. The van der Waals surface area contributed by atoms with Crippen molar-refractivity contribution in [3.05, 3.63) is 58.8 Å². The van der Waals surface area contributed by atoms with Gasteiger partial charge in [-0.1, -0.05) is 41.5 Å². The molecule has 0 saturated carbocycles. The van der Waals surface area contributed by atoms with Crippen molar-refractivity contribution in [2.45, 2.75) is 40.0 Å². The van der Waals surface area contributed by atoms with E-state index in [0.29, 0.717) is 5.69 Å². The van der Waals surface area contributed by atoms with Gasteiger partial charge in [0.2, 0.25) is 0 Å². The average Bonchev–Trinajstić information content (AvgIpc) is 2.82. The Balaban J connectivity index is 2.15. The van der Waals surface area contributed by atoms with E-state index in [1.807, 2.05) is 18.2 Å². The first-order valence-corrected chi connectivity index (χ1v) is 7.45. The molecule has 0 atom stereocenters. The number of H-pyrrole nitrogens is 1. The third-order valence-electron chi connectivity index (χ3n) is 3.71. The molecule has 0 amide bonds. The van der Waals surface area contributed by atoms with E-state index in [1.54, 1.807) is 0 Å². The van der Waals surface area contributed by atoms with Crippen LogP contribution in [0.3, 0.4) is 0 Å². The van der Waals surface area contributed by atoms with Crippen LogP contribution in [0.5, 0.6) is 0 Å². The number of allylic oxidation sites excluding steroid dienone is 4. The number of rotatable bonds is 6. The molecule has 2 rings (SSSR count). The second-order valence-electron chi connectivity index (χ2n) is 5.76. The highest BCUT2D eigenvalue weighted by Gasteiger charge is 2.08. The molecule has 0 spiro atoms. The lowest BCUT2D eigenvalue weighted by Crippen LogP contribution is -1.89. The van der Waals surface area contributed by atoms with E-state index < -0.39 is 0 Å². The summed E-state index contributed by atoms with van der Waals surface area (Å²) in [6, 6.07) is 8.08. The van der Waals surface area contributed by atoms with Gasteiger partial charge in [-0.25, -0.2) is 0 Å². The van der Waals surface area contributed by atoms with Crippen molar-refractivity contribution >= 4 is 17.2 Å². The van der Waals surface area contributed by atoms with Gasteiger partial charge in [0, 0.05) is 10.9 Å². The Hall–Kier alpha value is -2.09. The van der Waals surface area contributed by atoms with E-state index in [0.717, 1.165) is 42.0 Å². The van der Waals surface area contributed by atoms with E-state index in [-0.39, 0.29) is 0 Å². The minimum Gasteiger partial charge on any atom is -0.352 e. The lowest BCUT2D eigenvalue weighted by molar-refractivity contribution is 0.111. The monoisotopic (exact) mass is 281 g/mol. The minimum absolute atomic E-state index is 0.699. The van der Waals surface area contributed by atoms with Gasteiger partial charge < -0.3 is 4.98 Å². The molecule has 1 heterocycles. The number of para-hydroxylation sites is 1. The Kier molecular flexibility index (Phi) is 5.15. The van der Waals surface area contributed by atoms with Gasteiger partial charge >= 0.3 is 0 Å². The van der Waals surface area contributed by atoms with Crippen LogP contribution in [0.15, 0.2) is 47.6 Å². The van der Waals surface area contributed by atoms with Crippen LogP contribution in [-0.4, -0.2) is 11.3 Å². The Labute approximate surface area is 126 Å². The highest BCUT2D eigenvalue weighted by Crippen LogP contribution is 2.23. The number of carbonyl (C=O) groups is 1. The van der Waals surface area contributed by atoms with Crippen LogP contribution in [0.4, 0.5) is 0 Å². The predicted molar refractivity (Wildman–Crippen MR) is 89.8 cm³/mol. The van der Waals surface area contributed by atoms with Crippen molar-refractivity contribution in [1.82, 2.24) is 4.98 Å². The van der Waals surface area contributed by atoms with Crippen LogP contribution >= 0.6 is 0 Å². The van der Waals surface area contributed by atoms with Crippen LogP contribution in [0.25, 0.3) is 10.9 Å². The van der Waals surface area contributed by atoms with Crippen molar-refractivity contribution in [1.29, 1.82) is 0 Å². The van der Waals surface area contributed by atoms with E-state index in [1.165, 1.54) is 11.1 Å². The molecular weight excluding hydrogens is 258 g/mol. The molecular formula is C19H23NO. The maximum atomic E-state index is 11.2. The van der Waals surface area contributed by atoms with Crippen molar-refractivity contribution in [2.24, 2.45) is 0 Å². The molecule has 0 fully saturated rings. The van der Waals surface area contributed by atoms with Crippen molar-refractivity contribution < 1.29 is 4.79 Å². The molecule has 1 N–H and O–H groups in total. The largest absolute Gasteiger partial charge is 0.352 e. The summed E-state index contributed by atoms with van der Waals surface area (Å²) in [5.74, 6) is 0. The number of fused-ring (bicyclic) bond motifs is 1. The van der Waals surface area contributed by atoms with Crippen LogP contribution in [0.1, 0.15) is 49.7 Å². The first-order valence-electron chi connectivity index (χ1n) is 7.45. The summed E-state index contributed by atoms with van der Waals surface area (Å²) >= 11 is 0. The zero-order chi connectivity index (χ0) is 15.2. The maximum absolute atomic E-state index is 11.2. The maximum Gasteiger partial charge on any atom is 0.166 e. The fourth-order valence-corrected chi connectivity index (χ4v) is 2.51. The van der Waals surface area contributed by atoms with E-state index in [2.05, 4.69) is 44.0 Å². The quantitative estimate of drug-likeness (QED) is 0.571. The lowest BCUT2D eigenvalue weighted by Gasteiger charge is -2.01. The molecule has 0 aliphatic rings. The number of aldehydes is 1. The molecule has 0 bridgehead atoms. The normalized spacial score (nSPS) is 11.7. The number of hydrogen-bond acceptors (Lipinski definition) is 1. The minimum atomic E-state index is 0.699. The first kappa shape index (κ1) is 15.3. The summed E-state index contributed by atoms with van der Waals surface area (Å²) in [6.45, 7) is 6.41. The molecule has 110 valence electrons. The summed E-state index contributed by atoms with van der Waals surface area (Å²) in [5.41, 5.74) is 5.56. The molecule has 1 aromatic heterocycles. The smallest absolute Gasteiger partial charge is 0.166 e. The fraction of sp³-hybridized carbons (Fsp3) is 0.316. The van der Waals surface area contributed by atoms with Crippen LogP contribution in [0, 0.1) is 0 Å². The molecule has 0 aliphatic carbocycles. The van der Waals surface area contributed by atoms with Gasteiger partial charge in [0.05, 0.1) is 5.69 Å². The highest BCUT2D eigenvalue weighted by atomic mass is 16.1. The second kappa shape index (κ2) is 7.07. The summed E-state index contributed by atoms with van der Waals surface area (Å²) in [7, 11) is 0. The summed E-state index contributed by atoms with van der Waals surface area (Å²) in [6.07, 6.45) is 8.38. The Morgan fingerprint density at radius 3 is 2.62 bits per heavy atom. The molecule has 2 aromatic rings. The van der Waals surface area contributed by atoms with Gasteiger partial charge in [-0.05, 0) is 51.7 Å². The molecule has 21 heavy (non-hydrogen) atoms. The number of carbonyl (C=O) groups excluding carboxylic acids is 1. The number of nitrogens with one attached hydrogen (secondary N) is 1. The summed E-state index contributed by atoms with van der Waals surface area (Å²) in [5, 5.41) is 1.15. The van der Waals surface area contributed by atoms with Crippen molar-refractivity contribution in [2.75, 3.05) is 0 Å². The van der Waals surface area contributed by atoms with Gasteiger partial charge in [0.25, 0.3) is 0 Å². The zero-order valence-electron chi connectivity index (χ0n) is 13.1. The molecule has 0 aliphatic heterocycles. The molecule has 0 radical (unpaired) electrons. The molecule has 2 heteroatoms. The molecule has 0 saturated heterocycles. The van der Waals surface area contributed by atoms with Gasteiger partial charge in [-0.2, -0.15) is 0 Å². The van der Waals surface area contributed by atoms with E-state index >= 15 is 0 Å². The Bertz CT molecular complexity index is 685. The van der Waals surface area contributed by atoms with Gasteiger partial charge in [0.15, 0.2) is 6.29 Å². The van der Waals surface area contributed by atoms with Gasteiger partial charge in [-0.15, -0.1) is 0 Å². The van der Waals surface area contributed by atoms with Crippen molar-refractivity contribution in [3.8, 4) is 0 Å². The summed E-state index contributed by atoms with van der Waals surface area (Å²) < 4.78 is 0. The third kappa shape index (κ3) is 3.94. The van der Waals surface area contributed by atoms with Crippen molar-refractivity contribution in [3.63, 3.8) is 0 Å². The Morgan fingerprint density at radius 1 is 1.14 bits per heavy atom. The number of hydrogen-bond donors (Lipinski definition) is 1. The topological polar surface area (TPSA) is 32.9 Å². The average molecular weight is 281 g/mol. The zero-order valence-corrected chi connectivity index (χ0v) is 13.1. The molecule has 1 aromatic carbocycles. The molecule has 0 unspecified atom stereocenters. The fourth-order valence-electron chi connectivity index (χ4n) is 2.51. The Morgan fingerprint density at radius 2 is 1.90 bits per heavy atom. The van der Waals surface area contributed by atoms with Crippen LogP contribution < -0.4 is 0 Å². The summed E-state index contributed by atoms with van der Waals surface area (Å²) in [4.78, 5) is 14.4. The first-order chi connectivity index (χ1) is 10.1. The molecule has 2 nitrogen and oxygen atoms in total. The SMILES string of the molecule is CC(C)=CCC/C(C)=C/Cc1c(C=O)[nH]c2ccccc12. The predicted octanol–water partition coefficient (Wildman–Crippen LogP) is 5.22. The number of aromatic nitrogens is 1. The van der Waals surface area contributed by atoms with E-state index in [9.17, 15) is 4.79 Å². The lowest BCUT2D eigenvalue weighted by atomic mass is 10.0. The van der Waals surface area contributed by atoms with Crippen LogP contribution in [-0.2, 0) is 6.42 Å².